The number of anilines is 1. The number of para-hydroxylation sites is 1. The van der Waals surface area contributed by atoms with Gasteiger partial charge in [0.15, 0.2) is 6.23 Å². The molecule has 0 bridgehead atoms. The fraction of sp³-hybridized carbons (Fsp3) is 0.538. The standard InChI is InChI=1S/C13H19NO5/c1-7-4-2-3-5-8(7)14-13-12(18)11(17)10(16)9(6-15)19-13/h2-5,9-18H,6H2,1H3/t9-,10-,11+,12+,13-/m1/s1. The Kier molecular flexibility index (Phi) is 4.38. The second kappa shape index (κ2) is 5.85. The van der Waals surface area contributed by atoms with E-state index in [4.69, 9.17) is 9.84 Å². The average Bonchev–Trinajstić information content (AvgIpc) is 2.41. The molecule has 0 amide bonds. The van der Waals surface area contributed by atoms with E-state index in [0.717, 1.165) is 11.3 Å². The lowest BCUT2D eigenvalue weighted by Gasteiger charge is -2.40. The molecule has 5 atom stereocenters. The van der Waals surface area contributed by atoms with Crippen LogP contribution in [0.1, 0.15) is 5.56 Å². The van der Waals surface area contributed by atoms with Gasteiger partial charge in [0.2, 0.25) is 0 Å². The zero-order valence-corrected chi connectivity index (χ0v) is 10.6. The van der Waals surface area contributed by atoms with E-state index in [2.05, 4.69) is 5.32 Å². The van der Waals surface area contributed by atoms with Crippen molar-refractivity contribution in [2.24, 2.45) is 0 Å². The second-order valence-corrected chi connectivity index (χ2v) is 4.71. The first-order valence-corrected chi connectivity index (χ1v) is 6.17. The lowest BCUT2D eigenvalue weighted by Crippen LogP contribution is -2.60. The highest BCUT2D eigenvalue weighted by Crippen LogP contribution is 2.24. The first-order valence-electron chi connectivity index (χ1n) is 6.17. The average molecular weight is 269 g/mol. The van der Waals surface area contributed by atoms with Crippen molar-refractivity contribution < 1.29 is 25.2 Å². The lowest BCUT2D eigenvalue weighted by molar-refractivity contribution is -0.221. The molecule has 1 heterocycles. The number of aliphatic hydroxyl groups excluding tert-OH is 4. The molecule has 19 heavy (non-hydrogen) atoms. The summed E-state index contributed by atoms with van der Waals surface area (Å²) in [6.07, 6.45) is -5.78. The minimum Gasteiger partial charge on any atom is -0.394 e. The van der Waals surface area contributed by atoms with Crippen LogP contribution in [0.15, 0.2) is 24.3 Å². The van der Waals surface area contributed by atoms with Crippen LogP contribution in [-0.4, -0.2) is 57.7 Å². The molecule has 1 aliphatic rings. The minimum atomic E-state index is -1.37. The predicted molar refractivity (Wildman–Crippen MR) is 68.6 cm³/mol. The van der Waals surface area contributed by atoms with E-state index in [-0.39, 0.29) is 0 Å². The third-order valence-corrected chi connectivity index (χ3v) is 3.34. The van der Waals surface area contributed by atoms with Crippen LogP contribution in [0.5, 0.6) is 0 Å². The van der Waals surface area contributed by atoms with Gasteiger partial charge in [-0.15, -0.1) is 0 Å². The van der Waals surface area contributed by atoms with E-state index in [9.17, 15) is 15.3 Å². The Hall–Kier alpha value is -1.18. The quantitative estimate of drug-likeness (QED) is 0.493. The molecule has 0 aliphatic carbocycles. The number of hydrogen-bond acceptors (Lipinski definition) is 6. The Morgan fingerprint density at radius 1 is 1.11 bits per heavy atom. The maximum absolute atomic E-state index is 9.89. The van der Waals surface area contributed by atoms with E-state index < -0.39 is 37.3 Å². The second-order valence-electron chi connectivity index (χ2n) is 4.71. The van der Waals surface area contributed by atoms with Gasteiger partial charge in [-0.05, 0) is 18.6 Å². The van der Waals surface area contributed by atoms with Crippen LogP contribution in [-0.2, 0) is 4.74 Å². The first kappa shape index (κ1) is 14.2. The molecular weight excluding hydrogens is 250 g/mol. The van der Waals surface area contributed by atoms with Gasteiger partial charge in [0.05, 0.1) is 6.61 Å². The van der Waals surface area contributed by atoms with Gasteiger partial charge in [0.25, 0.3) is 0 Å². The number of hydrogen-bond donors (Lipinski definition) is 5. The van der Waals surface area contributed by atoms with Crippen molar-refractivity contribution in [2.75, 3.05) is 11.9 Å². The summed E-state index contributed by atoms with van der Waals surface area (Å²) >= 11 is 0. The molecule has 6 heteroatoms. The first-order chi connectivity index (χ1) is 9.04. The highest BCUT2D eigenvalue weighted by atomic mass is 16.6. The van der Waals surface area contributed by atoms with Crippen molar-refractivity contribution in [2.45, 2.75) is 37.6 Å². The topological polar surface area (TPSA) is 102 Å². The predicted octanol–water partition coefficient (Wildman–Crippen LogP) is -0.793. The molecule has 6 nitrogen and oxygen atoms in total. The molecule has 106 valence electrons. The van der Waals surface area contributed by atoms with Crippen molar-refractivity contribution in [3.63, 3.8) is 0 Å². The molecule has 2 rings (SSSR count). The van der Waals surface area contributed by atoms with E-state index in [0.29, 0.717) is 0 Å². The number of benzene rings is 1. The minimum absolute atomic E-state index is 0.434. The Balaban J connectivity index is 2.13. The van der Waals surface area contributed by atoms with Crippen molar-refractivity contribution >= 4 is 5.69 Å². The van der Waals surface area contributed by atoms with Crippen LogP contribution in [0.25, 0.3) is 0 Å². The third kappa shape index (κ3) is 2.88. The molecule has 1 aliphatic heterocycles. The van der Waals surface area contributed by atoms with Crippen molar-refractivity contribution in [1.29, 1.82) is 0 Å². The Labute approximate surface area is 111 Å². The summed E-state index contributed by atoms with van der Waals surface area (Å²) in [6, 6.07) is 7.43. The summed E-state index contributed by atoms with van der Waals surface area (Å²) in [5.74, 6) is 0. The zero-order valence-electron chi connectivity index (χ0n) is 10.6. The Morgan fingerprint density at radius 3 is 2.42 bits per heavy atom. The summed E-state index contributed by atoms with van der Waals surface area (Å²) in [7, 11) is 0. The van der Waals surface area contributed by atoms with Crippen LogP contribution < -0.4 is 5.32 Å². The number of aryl methyl sites for hydroxylation is 1. The van der Waals surface area contributed by atoms with Crippen LogP contribution in [0, 0.1) is 6.92 Å². The van der Waals surface area contributed by atoms with Gasteiger partial charge in [-0.25, -0.2) is 0 Å². The van der Waals surface area contributed by atoms with Crippen molar-refractivity contribution in [1.82, 2.24) is 0 Å². The molecule has 0 spiro atoms. The maximum Gasteiger partial charge on any atom is 0.157 e. The SMILES string of the molecule is Cc1ccccc1N[C@@H]1O[C@H](CO)[C@@H](O)[C@H](O)[C@@H]1O. The summed E-state index contributed by atoms with van der Waals surface area (Å²) in [5, 5.41) is 41.3. The normalized spacial score (nSPS) is 35.1. The highest BCUT2D eigenvalue weighted by molar-refractivity contribution is 5.50. The number of ether oxygens (including phenoxy) is 1. The van der Waals surface area contributed by atoms with E-state index in [1.807, 2.05) is 31.2 Å². The molecule has 1 aromatic carbocycles. The van der Waals surface area contributed by atoms with Crippen LogP contribution in [0.4, 0.5) is 5.69 Å². The van der Waals surface area contributed by atoms with Gasteiger partial charge < -0.3 is 30.5 Å². The highest BCUT2D eigenvalue weighted by Gasteiger charge is 2.43. The van der Waals surface area contributed by atoms with Crippen molar-refractivity contribution in [3.8, 4) is 0 Å². The van der Waals surface area contributed by atoms with E-state index in [1.165, 1.54) is 0 Å². The Morgan fingerprint density at radius 2 is 1.79 bits per heavy atom. The van der Waals surface area contributed by atoms with Crippen molar-refractivity contribution in [3.05, 3.63) is 29.8 Å². The lowest BCUT2D eigenvalue weighted by atomic mass is 9.98. The van der Waals surface area contributed by atoms with Gasteiger partial charge in [0, 0.05) is 5.69 Å². The molecule has 5 N–H and O–H groups in total. The maximum atomic E-state index is 9.89. The molecule has 1 saturated heterocycles. The molecule has 1 fully saturated rings. The third-order valence-electron chi connectivity index (χ3n) is 3.34. The molecule has 0 radical (unpaired) electrons. The summed E-state index contributed by atoms with van der Waals surface area (Å²) in [5.41, 5.74) is 1.71. The Bertz CT molecular complexity index is 425. The van der Waals surface area contributed by atoms with Gasteiger partial charge in [-0.2, -0.15) is 0 Å². The fourth-order valence-corrected chi connectivity index (χ4v) is 2.11. The molecule has 1 aromatic rings. The molecule has 0 saturated carbocycles. The van der Waals surface area contributed by atoms with E-state index in [1.54, 1.807) is 0 Å². The van der Waals surface area contributed by atoms with Gasteiger partial charge in [-0.1, -0.05) is 18.2 Å². The molecule has 0 unspecified atom stereocenters. The van der Waals surface area contributed by atoms with Crippen LogP contribution >= 0.6 is 0 Å². The summed E-state index contributed by atoms with van der Waals surface area (Å²) < 4.78 is 5.37. The number of aliphatic hydroxyl groups is 4. The smallest absolute Gasteiger partial charge is 0.157 e. The molecular formula is C13H19NO5. The largest absolute Gasteiger partial charge is 0.394 e. The molecule has 0 aromatic heterocycles. The van der Waals surface area contributed by atoms with Gasteiger partial charge in [0.1, 0.15) is 24.4 Å². The summed E-state index contributed by atoms with van der Waals surface area (Å²) in [6.45, 7) is 1.46. The van der Waals surface area contributed by atoms with Gasteiger partial charge >= 0.3 is 0 Å². The van der Waals surface area contributed by atoms with Crippen LogP contribution in [0.2, 0.25) is 0 Å². The number of nitrogens with one attached hydrogen (secondary N) is 1. The number of rotatable bonds is 3. The van der Waals surface area contributed by atoms with E-state index >= 15 is 0 Å². The van der Waals surface area contributed by atoms with Gasteiger partial charge in [-0.3, -0.25) is 0 Å². The zero-order chi connectivity index (χ0) is 14.0. The summed E-state index contributed by atoms with van der Waals surface area (Å²) in [4.78, 5) is 0. The monoisotopic (exact) mass is 269 g/mol. The fourth-order valence-electron chi connectivity index (χ4n) is 2.11. The van der Waals surface area contributed by atoms with Crippen LogP contribution in [0.3, 0.4) is 0 Å².